The number of nitrogen functional groups attached to an aromatic ring is 1. The second-order valence-corrected chi connectivity index (χ2v) is 2.76. The molecule has 1 atom stereocenters. The van der Waals surface area contributed by atoms with Gasteiger partial charge in [-0.1, -0.05) is 0 Å². The summed E-state index contributed by atoms with van der Waals surface area (Å²) in [6.07, 6.45) is 3.96. The Hall–Kier alpha value is -1.03. The number of anilines is 1. The molecule has 60 valence electrons. The van der Waals surface area contributed by atoms with Crippen LogP contribution in [0.5, 0.6) is 0 Å². The summed E-state index contributed by atoms with van der Waals surface area (Å²) in [5.74, 6) is 0. The van der Waals surface area contributed by atoms with Gasteiger partial charge in [-0.25, -0.2) is 0 Å². The molecular formula is C7H11N3O. The molecule has 0 spiro atoms. The molecule has 1 unspecified atom stereocenters. The smallest absolute Gasteiger partial charge is 0.292 e. The molecule has 0 radical (unpaired) electrons. The lowest BCUT2D eigenvalue weighted by atomic mass is 10.2. The van der Waals surface area contributed by atoms with E-state index in [4.69, 9.17) is 10.2 Å². The second kappa shape index (κ2) is 2.54. The molecule has 2 rings (SSSR count). The summed E-state index contributed by atoms with van der Waals surface area (Å²) in [5.41, 5.74) is 6.27. The highest BCUT2D eigenvalue weighted by Gasteiger charge is 2.18. The molecule has 1 aliphatic rings. The molecule has 3 N–H and O–H groups in total. The molecule has 1 aliphatic heterocycles. The molecule has 0 saturated carbocycles. The Labute approximate surface area is 64.8 Å². The quantitative estimate of drug-likeness (QED) is 0.622. The Kier molecular flexibility index (Phi) is 1.54. The average Bonchev–Trinajstić information content (AvgIpc) is 2.55. The number of nitrogens with two attached hydrogens (primary N) is 1. The number of oxazole rings is 1. The Morgan fingerprint density at radius 3 is 3.18 bits per heavy atom. The van der Waals surface area contributed by atoms with E-state index in [9.17, 15) is 0 Å². The van der Waals surface area contributed by atoms with Gasteiger partial charge in [0, 0.05) is 0 Å². The van der Waals surface area contributed by atoms with Crippen LogP contribution in [0.4, 0.5) is 6.01 Å². The van der Waals surface area contributed by atoms with Crippen LogP contribution in [-0.4, -0.2) is 11.5 Å². The van der Waals surface area contributed by atoms with Gasteiger partial charge in [-0.3, -0.25) is 0 Å². The van der Waals surface area contributed by atoms with Crippen LogP contribution in [0.2, 0.25) is 0 Å². The first-order valence-electron chi connectivity index (χ1n) is 3.80. The summed E-state index contributed by atoms with van der Waals surface area (Å²) >= 11 is 0. The van der Waals surface area contributed by atoms with Gasteiger partial charge in [-0.2, -0.15) is 4.98 Å². The minimum absolute atomic E-state index is 0.258. The molecule has 2 heterocycles. The third kappa shape index (κ3) is 1.21. The Morgan fingerprint density at radius 2 is 2.64 bits per heavy atom. The second-order valence-electron chi connectivity index (χ2n) is 2.76. The Bertz CT molecular complexity index is 240. The fraction of sp³-hybridized carbons (Fsp3) is 0.571. The third-order valence-electron chi connectivity index (χ3n) is 1.96. The Morgan fingerprint density at radius 1 is 1.73 bits per heavy atom. The molecule has 1 aromatic heterocycles. The van der Waals surface area contributed by atoms with Gasteiger partial charge in [-0.15, -0.1) is 0 Å². The zero-order valence-corrected chi connectivity index (χ0v) is 6.21. The van der Waals surface area contributed by atoms with Gasteiger partial charge in [0.25, 0.3) is 6.01 Å². The lowest BCUT2D eigenvalue weighted by Crippen LogP contribution is -2.13. The highest BCUT2D eigenvalue weighted by atomic mass is 16.4. The minimum Gasteiger partial charge on any atom is -0.432 e. The molecule has 0 bridgehead atoms. The molecular weight excluding hydrogens is 142 g/mol. The van der Waals surface area contributed by atoms with Crippen LogP contribution in [0, 0.1) is 0 Å². The van der Waals surface area contributed by atoms with Crippen molar-refractivity contribution in [2.45, 2.75) is 18.9 Å². The summed E-state index contributed by atoms with van der Waals surface area (Å²) in [6.45, 7) is 1.07. The zero-order valence-electron chi connectivity index (χ0n) is 6.21. The molecule has 1 aromatic rings. The first kappa shape index (κ1) is 6.67. The van der Waals surface area contributed by atoms with Crippen molar-refractivity contribution in [3.63, 3.8) is 0 Å². The normalized spacial score (nSPS) is 24.2. The first-order valence-corrected chi connectivity index (χ1v) is 3.80. The van der Waals surface area contributed by atoms with Crippen LogP contribution < -0.4 is 11.1 Å². The summed E-state index contributed by atoms with van der Waals surface area (Å²) in [4.78, 5) is 4.04. The number of rotatable bonds is 1. The van der Waals surface area contributed by atoms with E-state index in [0.717, 1.165) is 18.7 Å². The fourth-order valence-electron chi connectivity index (χ4n) is 1.40. The molecule has 0 aromatic carbocycles. The SMILES string of the molecule is Nc1nc(C2CCCN2)co1. The minimum atomic E-state index is 0.258. The van der Waals surface area contributed by atoms with Gasteiger partial charge in [0.05, 0.1) is 11.7 Å². The van der Waals surface area contributed by atoms with Crippen LogP contribution in [-0.2, 0) is 0 Å². The van der Waals surface area contributed by atoms with Crippen molar-refractivity contribution in [1.82, 2.24) is 10.3 Å². The van der Waals surface area contributed by atoms with Crippen LogP contribution in [0.25, 0.3) is 0 Å². The van der Waals surface area contributed by atoms with Gasteiger partial charge >= 0.3 is 0 Å². The van der Waals surface area contributed by atoms with E-state index in [1.807, 2.05) is 0 Å². The van der Waals surface area contributed by atoms with Gasteiger partial charge in [0.15, 0.2) is 0 Å². The maximum Gasteiger partial charge on any atom is 0.292 e. The predicted octanol–water partition coefficient (Wildman–Crippen LogP) is 0.681. The number of hydrogen-bond donors (Lipinski definition) is 2. The third-order valence-corrected chi connectivity index (χ3v) is 1.96. The van der Waals surface area contributed by atoms with E-state index in [2.05, 4.69) is 10.3 Å². The molecule has 1 saturated heterocycles. The molecule has 11 heavy (non-hydrogen) atoms. The van der Waals surface area contributed by atoms with Gasteiger partial charge in [0.1, 0.15) is 6.26 Å². The van der Waals surface area contributed by atoms with Crippen molar-refractivity contribution in [3.8, 4) is 0 Å². The highest BCUT2D eigenvalue weighted by molar-refractivity contribution is 5.15. The topological polar surface area (TPSA) is 64.1 Å². The maximum absolute atomic E-state index is 5.34. The standard InChI is InChI=1S/C7H11N3O/c8-7-10-6(4-11-7)5-2-1-3-9-5/h4-5,9H,1-3H2,(H2,8,10). The largest absolute Gasteiger partial charge is 0.432 e. The lowest BCUT2D eigenvalue weighted by molar-refractivity contribution is 0.568. The van der Waals surface area contributed by atoms with Crippen molar-refractivity contribution >= 4 is 6.01 Å². The summed E-state index contributed by atoms with van der Waals surface area (Å²) in [5, 5.41) is 3.31. The number of nitrogens with one attached hydrogen (secondary N) is 1. The predicted molar refractivity (Wildman–Crippen MR) is 40.9 cm³/mol. The number of hydrogen-bond acceptors (Lipinski definition) is 4. The van der Waals surface area contributed by atoms with Crippen molar-refractivity contribution in [1.29, 1.82) is 0 Å². The molecule has 4 heteroatoms. The van der Waals surface area contributed by atoms with Crippen LogP contribution >= 0.6 is 0 Å². The van der Waals surface area contributed by atoms with Gasteiger partial charge in [-0.05, 0) is 19.4 Å². The Balaban J connectivity index is 2.15. The van der Waals surface area contributed by atoms with Crippen LogP contribution in [0.1, 0.15) is 24.6 Å². The van der Waals surface area contributed by atoms with Crippen LogP contribution in [0.15, 0.2) is 10.7 Å². The van der Waals surface area contributed by atoms with E-state index in [0.29, 0.717) is 6.04 Å². The summed E-state index contributed by atoms with van der Waals surface area (Å²) < 4.78 is 4.90. The van der Waals surface area contributed by atoms with E-state index < -0.39 is 0 Å². The summed E-state index contributed by atoms with van der Waals surface area (Å²) in [7, 11) is 0. The monoisotopic (exact) mass is 153 g/mol. The van der Waals surface area contributed by atoms with E-state index in [1.54, 1.807) is 6.26 Å². The first-order chi connectivity index (χ1) is 5.36. The van der Waals surface area contributed by atoms with Gasteiger partial charge < -0.3 is 15.5 Å². The molecule has 1 fully saturated rings. The zero-order chi connectivity index (χ0) is 7.68. The van der Waals surface area contributed by atoms with Crippen molar-refractivity contribution in [2.75, 3.05) is 12.3 Å². The molecule has 4 nitrogen and oxygen atoms in total. The number of aromatic nitrogens is 1. The van der Waals surface area contributed by atoms with Crippen LogP contribution in [0.3, 0.4) is 0 Å². The highest BCUT2D eigenvalue weighted by Crippen LogP contribution is 2.22. The van der Waals surface area contributed by atoms with Crippen molar-refractivity contribution in [3.05, 3.63) is 12.0 Å². The maximum atomic E-state index is 5.34. The van der Waals surface area contributed by atoms with Crippen molar-refractivity contribution < 1.29 is 4.42 Å². The number of nitrogens with zero attached hydrogens (tertiary/aromatic N) is 1. The fourth-order valence-corrected chi connectivity index (χ4v) is 1.40. The van der Waals surface area contributed by atoms with Crippen molar-refractivity contribution in [2.24, 2.45) is 0 Å². The van der Waals surface area contributed by atoms with E-state index in [-0.39, 0.29) is 6.01 Å². The van der Waals surface area contributed by atoms with Gasteiger partial charge in [0.2, 0.25) is 0 Å². The molecule has 0 aliphatic carbocycles. The average molecular weight is 153 g/mol. The lowest BCUT2D eigenvalue weighted by Gasteiger charge is -2.02. The molecule has 0 amide bonds. The summed E-state index contributed by atoms with van der Waals surface area (Å²) in [6, 6.07) is 0.616. The van der Waals surface area contributed by atoms with E-state index >= 15 is 0 Å². The van der Waals surface area contributed by atoms with E-state index in [1.165, 1.54) is 6.42 Å².